The lowest BCUT2D eigenvalue weighted by molar-refractivity contribution is 0.0464. The summed E-state index contributed by atoms with van der Waals surface area (Å²) in [5.74, 6) is 0.291. The van der Waals surface area contributed by atoms with Crippen molar-refractivity contribution in [1.82, 2.24) is 10.2 Å². The molecule has 1 heterocycles. The van der Waals surface area contributed by atoms with Gasteiger partial charge in [0.05, 0.1) is 6.10 Å². The van der Waals surface area contributed by atoms with Crippen LogP contribution in [0.15, 0.2) is 18.2 Å². The summed E-state index contributed by atoms with van der Waals surface area (Å²) in [5.41, 5.74) is 1.78. The fraction of sp³-hybridized carbons (Fsp3) is 0.588. The SMILES string of the molecule is CC(C)(C)OC(=O)NCC(O)CN1CCc2cc(O)ccc2C1. The van der Waals surface area contributed by atoms with Crippen LogP contribution >= 0.6 is 0 Å². The van der Waals surface area contributed by atoms with Crippen molar-refractivity contribution in [3.8, 4) is 5.75 Å². The van der Waals surface area contributed by atoms with Gasteiger partial charge in [0.15, 0.2) is 0 Å². The highest BCUT2D eigenvalue weighted by atomic mass is 16.6. The maximum Gasteiger partial charge on any atom is 0.407 e. The third kappa shape index (κ3) is 5.73. The minimum Gasteiger partial charge on any atom is -0.508 e. The second-order valence-corrected chi connectivity index (χ2v) is 6.97. The van der Waals surface area contributed by atoms with E-state index in [1.807, 2.05) is 6.07 Å². The van der Waals surface area contributed by atoms with Gasteiger partial charge in [-0.3, -0.25) is 4.90 Å². The number of β-amino-alcohol motifs (C(OH)–C–C–N with tert-alkyl or cyclic N) is 1. The number of benzene rings is 1. The molecular formula is C17H26N2O4. The number of fused-ring (bicyclic) bond motifs is 1. The van der Waals surface area contributed by atoms with Crippen molar-refractivity contribution in [3.05, 3.63) is 29.3 Å². The molecule has 1 aromatic rings. The van der Waals surface area contributed by atoms with Gasteiger partial charge in [0, 0.05) is 26.2 Å². The molecule has 6 heteroatoms. The first-order valence-corrected chi connectivity index (χ1v) is 7.91. The molecule has 128 valence electrons. The molecule has 3 N–H and O–H groups in total. The van der Waals surface area contributed by atoms with Crippen LogP contribution in [0.25, 0.3) is 0 Å². The molecule has 0 saturated carbocycles. The molecule has 23 heavy (non-hydrogen) atoms. The van der Waals surface area contributed by atoms with Crippen LogP contribution in [0.5, 0.6) is 5.75 Å². The van der Waals surface area contributed by atoms with E-state index in [4.69, 9.17) is 4.74 Å². The minimum atomic E-state index is -0.652. The quantitative estimate of drug-likeness (QED) is 0.785. The number of amides is 1. The van der Waals surface area contributed by atoms with E-state index in [0.717, 1.165) is 25.1 Å². The Labute approximate surface area is 137 Å². The van der Waals surface area contributed by atoms with E-state index < -0.39 is 17.8 Å². The molecule has 0 saturated heterocycles. The predicted octanol–water partition coefficient (Wildman–Crippen LogP) is 1.64. The van der Waals surface area contributed by atoms with Crippen molar-refractivity contribution in [2.75, 3.05) is 19.6 Å². The van der Waals surface area contributed by atoms with Crippen LogP contribution in [-0.4, -0.2) is 52.5 Å². The largest absolute Gasteiger partial charge is 0.508 e. The number of alkyl carbamates (subject to hydrolysis) is 1. The number of ether oxygens (including phenoxy) is 1. The first-order chi connectivity index (χ1) is 10.7. The normalized spacial score (nSPS) is 16.5. The fourth-order valence-electron chi connectivity index (χ4n) is 2.63. The van der Waals surface area contributed by atoms with Crippen molar-refractivity contribution >= 4 is 6.09 Å². The summed E-state index contributed by atoms with van der Waals surface area (Å²) >= 11 is 0. The van der Waals surface area contributed by atoms with Crippen LogP contribution < -0.4 is 5.32 Å². The van der Waals surface area contributed by atoms with Crippen molar-refractivity contribution in [2.45, 2.75) is 45.4 Å². The molecule has 0 spiro atoms. The second-order valence-electron chi connectivity index (χ2n) is 6.97. The maximum atomic E-state index is 11.6. The Morgan fingerprint density at radius 3 is 2.83 bits per heavy atom. The minimum absolute atomic E-state index is 0.161. The van der Waals surface area contributed by atoms with Gasteiger partial charge < -0.3 is 20.3 Å². The van der Waals surface area contributed by atoms with E-state index in [9.17, 15) is 15.0 Å². The lowest BCUT2D eigenvalue weighted by Gasteiger charge is -2.30. The number of carbonyl (C=O) groups is 1. The van der Waals surface area contributed by atoms with Crippen LogP contribution in [-0.2, 0) is 17.7 Å². The zero-order valence-corrected chi connectivity index (χ0v) is 14.0. The lowest BCUT2D eigenvalue weighted by Crippen LogP contribution is -2.43. The molecule has 0 aromatic heterocycles. The number of nitrogens with one attached hydrogen (secondary N) is 1. The number of nitrogens with zero attached hydrogens (tertiary/aromatic N) is 1. The predicted molar refractivity (Wildman–Crippen MR) is 87.3 cm³/mol. The first kappa shape index (κ1) is 17.6. The average Bonchev–Trinajstić information content (AvgIpc) is 2.43. The van der Waals surface area contributed by atoms with Gasteiger partial charge in [-0.05, 0) is 50.5 Å². The molecule has 6 nitrogen and oxygen atoms in total. The summed E-state index contributed by atoms with van der Waals surface area (Å²) in [6.45, 7) is 7.59. The van der Waals surface area contributed by atoms with Crippen LogP contribution in [0, 0.1) is 0 Å². The number of hydrogen-bond donors (Lipinski definition) is 3. The molecule has 0 radical (unpaired) electrons. The van der Waals surface area contributed by atoms with Crippen LogP contribution in [0.2, 0.25) is 0 Å². The number of phenols is 1. The molecule has 1 aliphatic rings. The lowest BCUT2D eigenvalue weighted by atomic mass is 9.99. The Morgan fingerprint density at radius 2 is 2.13 bits per heavy atom. The molecule has 1 aromatic carbocycles. The van der Waals surface area contributed by atoms with E-state index in [2.05, 4.69) is 10.2 Å². The van der Waals surface area contributed by atoms with Gasteiger partial charge in [-0.25, -0.2) is 4.79 Å². The Balaban J connectivity index is 1.77. The zero-order valence-electron chi connectivity index (χ0n) is 14.0. The van der Waals surface area contributed by atoms with E-state index in [1.54, 1.807) is 32.9 Å². The molecule has 0 bridgehead atoms. The highest BCUT2D eigenvalue weighted by Crippen LogP contribution is 2.23. The number of rotatable bonds is 4. The topological polar surface area (TPSA) is 82.0 Å². The average molecular weight is 322 g/mol. The van der Waals surface area contributed by atoms with Gasteiger partial charge in [-0.15, -0.1) is 0 Å². The summed E-state index contributed by atoms with van der Waals surface area (Å²) in [5, 5.41) is 22.2. The van der Waals surface area contributed by atoms with Gasteiger partial charge in [0.25, 0.3) is 0 Å². The molecule has 1 atom stereocenters. The van der Waals surface area contributed by atoms with Crippen LogP contribution in [0.4, 0.5) is 4.79 Å². The van der Waals surface area contributed by atoms with Gasteiger partial charge in [-0.2, -0.15) is 0 Å². The summed E-state index contributed by atoms with van der Waals surface area (Å²) in [6, 6.07) is 5.40. The third-order valence-electron chi connectivity index (χ3n) is 3.63. The number of aliphatic hydroxyl groups excluding tert-OH is 1. The third-order valence-corrected chi connectivity index (χ3v) is 3.63. The highest BCUT2D eigenvalue weighted by molar-refractivity contribution is 5.67. The Morgan fingerprint density at radius 1 is 1.39 bits per heavy atom. The molecule has 0 aliphatic carbocycles. The zero-order chi connectivity index (χ0) is 17.0. The number of hydrogen-bond acceptors (Lipinski definition) is 5. The number of carbonyl (C=O) groups excluding carboxylic acids is 1. The molecule has 0 fully saturated rings. The summed E-state index contributed by atoms with van der Waals surface area (Å²) in [6.07, 6.45) is -0.326. The van der Waals surface area contributed by atoms with E-state index in [-0.39, 0.29) is 6.54 Å². The standard InChI is InChI=1S/C17H26N2O4/c1-17(2,3)23-16(22)18-9-15(21)11-19-7-6-12-8-14(20)5-4-13(12)10-19/h4-5,8,15,20-21H,6-7,9-11H2,1-3H3,(H,18,22). The molecular weight excluding hydrogens is 296 g/mol. The maximum absolute atomic E-state index is 11.6. The number of aliphatic hydroxyl groups is 1. The van der Waals surface area contributed by atoms with Crippen molar-refractivity contribution in [2.24, 2.45) is 0 Å². The van der Waals surface area contributed by atoms with Crippen molar-refractivity contribution < 1.29 is 19.7 Å². The molecule has 1 amide bonds. The van der Waals surface area contributed by atoms with Gasteiger partial charge in [-0.1, -0.05) is 6.07 Å². The van der Waals surface area contributed by atoms with E-state index in [1.165, 1.54) is 5.56 Å². The smallest absolute Gasteiger partial charge is 0.407 e. The Hall–Kier alpha value is -1.79. The van der Waals surface area contributed by atoms with Crippen molar-refractivity contribution in [3.63, 3.8) is 0 Å². The van der Waals surface area contributed by atoms with Crippen LogP contribution in [0.3, 0.4) is 0 Å². The number of aromatic hydroxyl groups is 1. The summed E-state index contributed by atoms with van der Waals surface area (Å²) in [4.78, 5) is 13.7. The van der Waals surface area contributed by atoms with Gasteiger partial charge in [0.1, 0.15) is 11.4 Å². The highest BCUT2D eigenvalue weighted by Gasteiger charge is 2.20. The monoisotopic (exact) mass is 322 g/mol. The molecule has 1 aliphatic heterocycles. The Bertz CT molecular complexity index is 554. The van der Waals surface area contributed by atoms with Crippen molar-refractivity contribution in [1.29, 1.82) is 0 Å². The summed E-state index contributed by atoms with van der Waals surface area (Å²) in [7, 11) is 0. The second kappa shape index (κ2) is 7.19. The van der Waals surface area contributed by atoms with Gasteiger partial charge in [0.2, 0.25) is 0 Å². The molecule has 2 rings (SSSR count). The summed E-state index contributed by atoms with van der Waals surface area (Å²) < 4.78 is 5.14. The first-order valence-electron chi connectivity index (χ1n) is 7.91. The van der Waals surface area contributed by atoms with E-state index in [0.29, 0.717) is 12.3 Å². The van der Waals surface area contributed by atoms with E-state index >= 15 is 0 Å². The number of phenolic OH excluding ortho intramolecular Hbond substituents is 1. The van der Waals surface area contributed by atoms with Gasteiger partial charge >= 0.3 is 6.09 Å². The Kier molecular flexibility index (Phi) is 5.49. The van der Waals surface area contributed by atoms with Crippen LogP contribution in [0.1, 0.15) is 31.9 Å². The fourth-order valence-corrected chi connectivity index (χ4v) is 2.63. The molecule has 1 unspecified atom stereocenters.